The number of rotatable bonds is 5. The van der Waals surface area contributed by atoms with Crippen molar-refractivity contribution in [1.29, 1.82) is 0 Å². The van der Waals surface area contributed by atoms with E-state index < -0.39 is 5.97 Å². The van der Waals surface area contributed by atoms with Gasteiger partial charge in [0.25, 0.3) is 11.8 Å². The number of hydrogen-bond donors (Lipinski definition) is 2. The van der Waals surface area contributed by atoms with E-state index >= 15 is 0 Å². The van der Waals surface area contributed by atoms with Gasteiger partial charge in [0.15, 0.2) is 0 Å². The zero-order chi connectivity index (χ0) is 25.8. The number of anilines is 1. The number of likely N-dealkylation sites (N-methyl/N-ethyl adjacent to an activating group) is 1. The lowest BCUT2D eigenvalue weighted by Crippen LogP contribution is -2.32. The van der Waals surface area contributed by atoms with Gasteiger partial charge in [0.1, 0.15) is 12.0 Å². The van der Waals surface area contributed by atoms with Gasteiger partial charge in [-0.3, -0.25) is 14.5 Å². The summed E-state index contributed by atoms with van der Waals surface area (Å²) in [5.74, 6) is -0.929. The van der Waals surface area contributed by atoms with Gasteiger partial charge in [-0.15, -0.1) is 0 Å². The van der Waals surface area contributed by atoms with Crippen LogP contribution in [0.5, 0.6) is 0 Å². The summed E-state index contributed by atoms with van der Waals surface area (Å²) in [5, 5.41) is 5.65. The third kappa shape index (κ3) is 6.65. The topological polar surface area (TPSA) is 105 Å². The van der Waals surface area contributed by atoms with E-state index in [1.165, 1.54) is 26.0 Å². The average Bonchev–Trinajstić information content (AvgIpc) is 3.19. The molecule has 0 unspecified atom stereocenters. The van der Waals surface area contributed by atoms with Crippen molar-refractivity contribution < 1.29 is 23.9 Å². The molecule has 0 fully saturated rings. The first-order valence-electron chi connectivity index (χ1n) is 10.4. The third-order valence-electron chi connectivity index (χ3n) is 4.96. The summed E-state index contributed by atoms with van der Waals surface area (Å²) in [4.78, 5) is 44.6. The number of carbonyl (C=O) groups excluding carboxylic acids is 4. The fourth-order valence-corrected chi connectivity index (χ4v) is 3.27. The number of fused-ring (bicyclic) bond motifs is 1. The van der Waals surface area contributed by atoms with E-state index in [9.17, 15) is 14.4 Å². The van der Waals surface area contributed by atoms with Crippen molar-refractivity contribution in [3.05, 3.63) is 78.0 Å². The van der Waals surface area contributed by atoms with Crippen LogP contribution in [-0.4, -0.2) is 50.2 Å². The van der Waals surface area contributed by atoms with Crippen LogP contribution >= 0.6 is 0 Å². The van der Waals surface area contributed by atoms with E-state index in [1.807, 2.05) is 32.2 Å². The SMILES string of the molecule is C=C(C(=O)NC)N1Cc2c(cccc2-c2ccc(NC)cc2C)C1=O.C=CC(=O)OC.CC=O. The second-order valence-electron chi connectivity index (χ2n) is 6.99. The molecule has 0 spiro atoms. The molecule has 34 heavy (non-hydrogen) atoms. The molecular formula is C26H31N3O5. The molecule has 2 aromatic carbocycles. The molecule has 2 N–H and O–H groups in total. The number of benzene rings is 2. The maximum atomic E-state index is 12.7. The van der Waals surface area contributed by atoms with Gasteiger partial charge in [-0.1, -0.05) is 31.4 Å². The molecule has 180 valence electrons. The second kappa shape index (κ2) is 13.4. The number of hydrogen-bond acceptors (Lipinski definition) is 6. The first-order chi connectivity index (χ1) is 16.2. The number of methoxy groups -OCH3 is 1. The summed E-state index contributed by atoms with van der Waals surface area (Å²) in [6.07, 6.45) is 1.86. The average molecular weight is 466 g/mol. The number of amides is 2. The standard InChI is InChI=1S/C20H21N3O2.C4H6O2.C2H4O/c1-12-10-14(21-3)8-9-15(12)16-6-5-7-17-18(16)11-23(20(17)25)13(2)19(24)22-4;1-3-4(5)6-2;1-2-3/h5-10,21H,2,11H2,1,3-4H3,(H,22,24);3H,1H2,2H3;2H,1H3. The normalized spacial score (nSPS) is 11.0. The second-order valence-corrected chi connectivity index (χ2v) is 6.99. The van der Waals surface area contributed by atoms with Crippen LogP contribution in [0, 0.1) is 6.92 Å². The fraction of sp³-hybridized carbons (Fsp3) is 0.231. The Kier molecular flexibility index (Phi) is 10.9. The molecule has 0 radical (unpaired) electrons. The molecule has 0 saturated carbocycles. The van der Waals surface area contributed by atoms with Crippen molar-refractivity contribution in [3.8, 4) is 11.1 Å². The highest BCUT2D eigenvalue weighted by Gasteiger charge is 2.33. The van der Waals surface area contributed by atoms with E-state index in [-0.39, 0.29) is 17.5 Å². The zero-order valence-corrected chi connectivity index (χ0v) is 20.2. The number of carbonyl (C=O) groups is 4. The Morgan fingerprint density at radius 3 is 2.21 bits per heavy atom. The molecule has 3 rings (SSSR count). The Labute approximate surface area is 200 Å². The third-order valence-corrected chi connectivity index (χ3v) is 4.96. The first kappa shape index (κ1) is 27.8. The van der Waals surface area contributed by atoms with Gasteiger partial charge in [0, 0.05) is 31.4 Å². The fourth-order valence-electron chi connectivity index (χ4n) is 3.27. The molecule has 1 aliphatic rings. The lowest BCUT2D eigenvalue weighted by molar-refractivity contribution is -0.134. The summed E-state index contributed by atoms with van der Waals surface area (Å²) in [6.45, 7) is 10.8. The Morgan fingerprint density at radius 2 is 1.74 bits per heavy atom. The van der Waals surface area contributed by atoms with Crippen LogP contribution in [-0.2, 0) is 25.7 Å². The van der Waals surface area contributed by atoms with E-state index in [4.69, 9.17) is 4.79 Å². The summed E-state index contributed by atoms with van der Waals surface area (Å²) >= 11 is 0. The molecule has 2 aromatic rings. The molecule has 0 aliphatic carbocycles. The highest BCUT2D eigenvalue weighted by atomic mass is 16.5. The van der Waals surface area contributed by atoms with E-state index in [0.717, 1.165) is 40.3 Å². The van der Waals surface area contributed by atoms with Crippen LogP contribution in [0.25, 0.3) is 11.1 Å². The summed E-state index contributed by atoms with van der Waals surface area (Å²) < 4.78 is 4.14. The molecule has 0 saturated heterocycles. The molecule has 0 atom stereocenters. The van der Waals surface area contributed by atoms with Crippen molar-refractivity contribution >= 4 is 29.8 Å². The van der Waals surface area contributed by atoms with Crippen LogP contribution in [0.15, 0.2) is 61.3 Å². The Balaban J connectivity index is 0.000000551. The molecule has 8 nitrogen and oxygen atoms in total. The van der Waals surface area contributed by atoms with Gasteiger partial charge in [-0.25, -0.2) is 4.79 Å². The van der Waals surface area contributed by atoms with E-state index in [1.54, 1.807) is 6.07 Å². The predicted octanol–water partition coefficient (Wildman–Crippen LogP) is 3.47. The minimum absolute atomic E-state index is 0.164. The van der Waals surface area contributed by atoms with Gasteiger partial charge >= 0.3 is 5.97 Å². The Hall–Kier alpha value is -4.20. The van der Waals surface area contributed by atoms with Crippen LogP contribution < -0.4 is 10.6 Å². The van der Waals surface area contributed by atoms with E-state index in [0.29, 0.717) is 12.1 Å². The summed E-state index contributed by atoms with van der Waals surface area (Å²) in [5.41, 5.74) is 5.97. The van der Waals surface area contributed by atoms with Crippen molar-refractivity contribution in [2.75, 3.05) is 26.5 Å². The minimum atomic E-state index is -0.394. The molecular weight excluding hydrogens is 434 g/mol. The maximum Gasteiger partial charge on any atom is 0.329 e. The molecule has 0 aromatic heterocycles. The highest BCUT2D eigenvalue weighted by molar-refractivity contribution is 6.06. The number of esters is 1. The van der Waals surface area contributed by atoms with Crippen molar-refractivity contribution in [1.82, 2.24) is 10.2 Å². The molecule has 2 amide bonds. The smallest absolute Gasteiger partial charge is 0.329 e. The maximum absolute atomic E-state index is 12.7. The molecule has 1 aliphatic heterocycles. The predicted molar refractivity (Wildman–Crippen MR) is 133 cm³/mol. The summed E-state index contributed by atoms with van der Waals surface area (Å²) in [7, 11) is 4.72. The van der Waals surface area contributed by atoms with Crippen molar-refractivity contribution in [2.45, 2.75) is 20.4 Å². The Morgan fingerprint density at radius 1 is 1.12 bits per heavy atom. The van der Waals surface area contributed by atoms with Crippen LogP contribution in [0.2, 0.25) is 0 Å². The molecule has 8 heteroatoms. The van der Waals surface area contributed by atoms with Gasteiger partial charge in [0.2, 0.25) is 0 Å². The monoisotopic (exact) mass is 465 g/mol. The van der Waals surface area contributed by atoms with Crippen LogP contribution in [0.4, 0.5) is 5.69 Å². The highest BCUT2D eigenvalue weighted by Crippen LogP contribution is 2.36. The number of ether oxygens (including phenoxy) is 1. The lowest BCUT2D eigenvalue weighted by atomic mass is 9.93. The molecule has 1 heterocycles. The van der Waals surface area contributed by atoms with Crippen LogP contribution in [0.3, 0.4) is 0 Å². The first-order valence-corrected chi connectivity index (χ1v) is 10.4. The Bertz CT molecular complexity index is 1090. The van der Waals surface area contributed by atoms with Gasteiger partial charge < -0.3 is 20.2 Å². The van der Waals surface area contributed by atoms with Gasteiger partial charge in [-0.2, -0.15) is 0 Å². The summed E-state index contributed by atoms with van der Waals surface area (Å²) in [6, 6.07) is 11.8. The number of nitrogens with one attached hydrogen (secondary N) is 2. The largest absolute Gasteiger partial charge is 0.466 e. The van der Waals surface area contributed by atoms with Crippen molar-refractivity contribution in [2.24, 2.45) is 0 Å². The lowest BCUT2D eigenvalue weighted by Gasteiger charge is -2.17. The van der Waals surface area contributed by atoms with Gasteiger partial charge in [-0.05, 0) is 54.3 Å². The molecule has 0 bridgehead atoms. The van der Waals surface area contributed by atoms with Crippen molar-refractivity contribution in [3.63, 3.8) is 0 Å². The quantitative estimate of drug-likeness (QED) is 0.398. The minimum Gasteiger partial charge on any atom is -0.466 e. The number of aryl methyl sites for hydroxylation is 1. The number of nitrogens with zero attached hydrogens (tertiary/aromatic N) is 1. The zero-order valence-electron chi connectivity index (χ0n) is 20.2. The van der Waals surface area contributed by atoms with Crippen LogP contribution in [0.1, 0.15) is 28.4 Å². The van der Waals surface area contributed by atoms with Gasteiger partial charge in [0.05, 0.1) is 13.7 Å². The van der Waals surface area contributed by atoms with E-state index in [2.05, 4.69) is 40.7 Å². The number of aldehydes is 1.